The molecule has 0 atom stereocenters. The molecule has 4 aromatic rings. The van der Waals surface area contributed by atoms with E-state index < -0.39 is 32.5 Å². The molecule has 3 aromatic carbocycles. The third-order valence-electron chi connectivity index (χ3n) is 5.36. The molecule has 1 amide bonds. The maximum absolute atomic E-state index is 13.4. The van der Waals surface area contributed by atoms with Gasteiger partial charge in [0.2, 0.25) is 5.91 Å². The van der Waals surface area contributed by atoms with Crippen molar-refractivity contribution in [3.05, 3.63) is 83.3 Å². The van der Waals surface area contributed by atoms with Crippen molar-refractivity contribution in [3.8, 4) is 11.1 Å². The number of aromatic nitrogens is 1. The van der Waals surface area contributed by atoms with Gasteiger partial charge in [-0.1, -0.05) is 29.8 Å². The van der Waals surface area contributed by atoms with Gasteiger partial charge >= 0.3 is 0 Å². The molecule has 0 radical (unpaired) electrons. The highest BCUT2D eigenvalue weighted by Crippen LogP contribution is 2.43. The first-order valence-corrected chi connectivity index (χ1v) is 14.6. The highest BCUT2D eigenvalue weighted by molar-refractivity contribution is 7.93. The number of benzene rings is 3. The highest BCUT2D eigenvalue weighted by Gasteiger charge is 2.36. The fourth-order valence-electron chi connectivity index (χ4n) is 3.77. The van der Waals surface area contributed by atoms with Crippen molar-refractivity contribution < 1.29 is 21.6 Å². The third-order valence-corrected chi connectivity index (χ3v) is 9.59. The van der Waals surface area contributed by atoms with Gasteiger partial charge in [-0.15, -0.1) is 11.3 Å². The van der Waals surface area contributed by atoms with E-state index in [1.54, 1.807) is 41.8 Å². The predicted octanol–water partition coefficient (Wildman–Crippen LogP) is 4.41. The first kappa shape index (κ1) is 24.3. The molecule has 9 nitrogen and oxygen atoms in total. The van der Waals surface area contributed by atoms with Crippen LogP contribution in [0.2, 0.25) is 5.02 Å². The van der Waals surface area contributed by atoms with Crippen LogP contribution in [0, 0.1) is 0 Å². The minimum atomic E-state index is -4.01. The molecule has 0 bridgehead atoms. The van der Waals surface area contributed by atoms with Crippen LogP contribution in [0.5, 0.6) is 0 Å². The van der Waals surface area contributed by atoms with Gasteiger partial charge in [-0.05, 0) is 48.5 Å². The van der Waals surface area contributed by atoms with Crippen molar-refractivity contribution in [1.82, 2.24) is 4.98 Å². The second kappa shape index (κ2) is 9.21. The number of hydrogen-bond donors (Lipinski definition) is 2. The summed E-state index contributed by atoms with van der Waals surface area (Å²) in [4.78, 5) is 16.8. The summed E-state index contributed by atoms with van der Waals surface area (Å²) in [6, 6.07) is 16.8. The summed E-state index contributed by atoms with van der Waals surface area (Å²) in [6.45, 7) is -0.489. The number of nitrogens with zero attached hydrogens (tertiary/aromatic N) is 2. The summed E-state index contributed by atoms with van der Waals surface area (Å²) >= 11 is 7.31. The number of anilines is 3. The van der Waals surface area contributed by atoms with Crippen LogP contribution in [-0.4, -0.2) is 34.3 Å². The summed E-state index contributed by atoms with van der Waals surface area (Å²) < 4.78 is 55.1. The van der Waals surface area contributed by atoms with Crippen LogP contribution in [0.4, 0.5) is 16.5 Å². The fraction of sp³-hybridized carbons (Fsp3) is 0.0435. The summed E-state index contributed by atoms with van der Waals surface area (Å²) in [7, 11) is -7.86. The van der Waals surface area contributed by atoms with Gasteiger partial charge in [-0.2, -0.15) is 0 Å². The topological polar surface area (TPSA) is 126 Å². The van der Waals surface area contributed by atoms with Crippen molar-refractivity contribution in [1.29, 1.82) is 0 Å². The standard InChI is InChI=1S/C23H17ClN4O5S3/c24-15-5-10-20-19(13-15)18-3-1-2-4-21(18)36(32,33)28(20)14-22(29)26-16-6-8-17(9-7-16)35(30,31)27-23-25-11-12-34-23/h1-13H,14H2,(H,25,27)(H,26,29). The third kappa shape index (κ3) is 4.55. The summed E-state index contributed by atoms with van der Waals surface area (Å²) in [6.07, 6.45) is 1.48. The van der Waals surface area contributed by atoms with E-state index in [9.17, 15) is 21.6 Å². The molecule has 0 spiro atoms. The number of carbonyl (C=O) groups is 1. The second-order valence-electron chi connectivity index (χ2n) is 7.68. The number of sulfonamides is 2. The zero-order chi connectivity index (χ0) is 25.5. The Morgan fingerprint density at radius 1 is 1.03 bits per heavy atom. The molecule has 0 fully saturated rings. The minimum Gasteiger partial charge on any atom is -0.325 e. The normalized spacial score (nSPS) is 14.0. The predicted molar refractivity (Wildman–Crippen MR) is 139 cm³/mol. The van der Waals surface area contributed by atoms with E-state index in [1.807, 2.05) is 0 Å². The largest absolute Gasteiger partial charge is 0.325 e. The van der Waals surface area contributed by atoms with Crippen molar-refractivity contribution in [2.24, 2.45) is 0 Å². The lowest BCUT2D eigenvalue weighted by Gasteiger charge is -2.31. The zero-order valence-corrected chi connectivity index (χ0v) is 21.5. The lowest BCUT2D eigenvalue weighted by molar-refractivity contribution is -0.114. The number of halogens is 1. The Hall–Kier alpha value is -3.45. The van der Waals surface area contributed by atoms with Crippen LogP contribution < -0.4 is 14.3 Å². The lowest BCUT2D eigenvalue weighted by Crippen LogP contribution is -2.40. The van der Waals surface area contributed by atoms with Crippen molar-refractivity contribution in [2.75, 3.05) is 20.9 Å². The Labute approximate surface area is 216 Å². The minimum absolute atomic E-state index is 0.0169. The van der Waals surface area contributed by atoms with E-state index in [1.165, 1.54) is 36.5 Å². The average Bonchev–Trinajstić information content (AvgIpc) is 3.35. The van der Waals surface area contributed by atoms with Gasteiger partial charge in [0.25, 0.3) is 20.0 Å². The first-order chi connectivity index (χ1) is 17.1. The number of hydrogen-bond acceptors (Lipinski definition) is 7. The van der Waals surface area contributed by atoms with E-state index in [0.29, 0.717) is 27.5 Å². The van der Waals surface area contributed by atoms with Crippen LogP contribution in [0.3, 0.4) is 0 Å². The van der Waals surface area contributed by atoms with Crippen LogP contribution >= 0.6 is 22.9 Å². The Kier molecular flexibility index (Phi) is 6.20. The molecule has 5 rings (SSSR count). The van der Waals surface area contributed by atoms with Crippen molar-refractivity contribution in [3.63, 3.8) is 0 Å². The summed E-state index contributed by atoms with van der Waals surface area (Å²) in [5.74, 6) is -0.602. The molecule has 13 heteroatoms. The van der Waals surface area contributed by atoms with Gasteiger partial charge in [-0.3, -0.25) is 13.8 Å². The van der Waals surface area contributed by atoms with E-state index >= 15 is 0 Å². The zero-order valence-electron chi connectivity index (χ0n) is 18.3. The molecule has 0 saturated heterocycles. The van der Waals surface area contributed by atoms with E-state index in [4.69, 9.17) is 11.6 Å². The monoisotopic (exact) mass is 560 g/mol. The Morgan fingerprint density at radius 3 is 2.50 bits per heavy atom. The van der Waals surface area contributed by atoms with Crippen LogP contribution in [0.15, 0.2) is 88.1 Å². The molecule has 0 saturated carbocycles. The van der Waals surface area contributed by atoms with E-state index in [-0.39, 0.29) is 14.9 Å². The van der Waals surface area contributed by atoms with Gasteiger partial charge in [0.05, 0.1) is 15.5 Å². The Bertz CT molecular complexity index is 1670. The number of nitrogens with one attached hydrogen (secondary N) is 2. The second-order valence-corrected chi connectivity index (χ2v) is 12.5. The van der Waals surface area contributed by atoms with Crippen LogP contribution in [0.1, 0.15) is 0 Å². The molecular weight excluding hydrogens is 544 g/mol. The summed E-state index contributed by atoms with van der Waals surface area (Å²) in [5.41, 5.74) is 1.75. The van der Waals surface area contributed by atoms with Crippen molar-refractivity contribution >= 4 is 65.4 Å². The van der Waals surface area contributed by atoms with Gasteiger partial charge in [0.1, 0.15) is 6.54 Å². The van der Waals surface area contributed by atoms with Gasteiger partial charge in [-0.25, -0.2) is 21.8 Å². The number of thiazole rings is 1. The molecule has 1 aliphatic rings. The maximum Gasteiger partial charge on any atom is 0.265 e. The lowest BCUT2D eigenvalue weighted by atomic mass is 10.0. The average molecular weight is 561 g/mol. The fourth-order valence-corrected chi connectivity index (χ4v) is 7.38. The van der Waals surface area contributed by atoms with E-state index in [0.717, 1.165) is 15.6 Å². The SMILES string of the molecule is O=C(CN1c2ccc(Cl)cc2-c2ccccc2S1(=O)=O)Nc1ccc(S(=O)(=O)Nc2nccs2)cc1. The van der Waals surface area contributed by atoms with Crippen molar-refractivity contribution in [2.45, 2.75) is 9.79 Å². The van der Waals surface area contributed by atoms with Gasteiger partial charge in [0, 0.05) is 33.4 Å². The van der Waals surface area contributed by atoms with Crippen LogP contribution in [-0.2, 0) is 24.8 Å². The Balaban J connectivity index is 1.37. The van der Waals surface area contributed by atoms with Gasteiger partial charge in [0.15, 0.2) is 5.13 Å². The quantitative estimate of drug-likeness (QED) is 0.360. The smallest absolute Gasteiger partial charge is 0.265 e. The molecular formula is C23H17ClN4O5S3. The molecule has 184 valence electrons. The van der Waals surface area contributed by atoms with Crippen LogP contribution in [0.25, 0.3) is 11.1 Å². The maximum atomic E-state index is 13.4. The van der Waals surface area contributed by atoms with Gasteiger partial charge < -0.3 is 5.32 Å². The number of amides is 1. The number of carbonyl (C=O) groups excluding carboxylic acids is 1. The number of rotatable bonds is 6. The first-order valence-electron chi connectivity index (χ1n) is 10.4. The summed E-state index contributed by atoms with van der Waals surface area (Å²) in [5, 5.41) is 4.94. The molecule has 36 heavy (non-hydrogen) atoms. The molecule has 1 aromatic heterocycles. The molecule has 0 aliphatic carbocycles. The Morgan fingerprint density at radius 2 is 1.78 bits per heavy atom. The highest BCUT2D eigenvalue weighted by atomic mass is 35.5. The molecule has 2 heterocycles. The molecule has 0 unspecified atom stereocenters. The van der Waals surface area contributed by atoms with E-state index in [2.05, 4.69) is 15.0 Å². The molecule has 1 aliphatic heterocycles. The molecule has 2 N–H and O–H groups in total. The number of fused-ring (bicyclic) bond motifs is 3.